The summed E-state index contributed by atoms with van der Waals surface area (Å²) >= 11 is 0. The van der Waals surface area contributed by atoms with Gasteiger partial charge in [-0.25, -0.2) is 4.79 Å². The Bertz CT molecular complexity index is 693. The van der Waals surface area contributed by atoms with Crippen molar-refractivity contribution in [1.29, 1.82) is 0 Å². The predicted molar refractivity (Wildman–Crippen MR) is 96.9 cm³/mol. The van der Waals surface area contributed by atoms with Gasteiger partial charge in [0.05, 0.1) is 25.9 Å². The van der Waals surface area contributed by atoms with Crippen molar-refractivity contribution >= 4 is 22.7 Å². The number of aryl methyl sites for hydroxylation is 1. The molecule has 1 aromatic heterocycles. The van der Waals surface area contributed by atoms with Crippen LogP contribution in [0.1, 0.15) is 30.1 Å². The number of fused-ring (bicyclic) bond motifs is 1. The summed E-state index contributed by atoms with van der Waals surface area (Å²) in [6.07, 6.45) is 3.86. The van der Waals surface area contributed by atoms with E-state index in [0.717, 1.165) is 56.6 Å². The molecule has 1 aliphatic heterocycles. The Morgan fingerprint density at radius 3 is 2.52 bits per heavy atom. The molecule has 6 heteroatoms. The van der Waals surface area contributed by atoms with Crippen molar-refractivity contribution < 1.29 is 19.1 Å². The first-order chi connectivity index (χ1) is 12.2. The van der Waals surface area contributed by atoms with Crippen molar-refractivity contribution in [2.75, 3.05) is 33.4 Å². The van der Waals surface area contributed by atoms with E-state index in [1.807, 2.05) is 28.8 Å². The Balaban J connectivity index is 0.000000316. The van der Waals surface area contributed by atoms with Gasteiger partial charge in [0.15, 0.2) is 0 Å². The molecule has 1 fully saturated rings. The van der Waals surface area contributed by atoms with E-state index >= 15 is 0 Å². The summed E-state index contributed by atoms with van der Waals surface area (Å²) in [4.78, 5) is 23.4. The molecule has 0 bridgehead atoms. The molecular formula is C19H26N2O4. The highest BCUT2D eigenvalue weighted by Gasteiger charge is 2.21. The minimum atomic E-state index is -0.821. The summed E-state index contributed by atoms with van der Waals surface area (Å²) < 4.78 is 11.5. The fraction of sp³-hybridized carbons (Fsp3) is 0.474. The topological polar surface area (TPSA) is 69.6 Å². The summed E-state index contributed by atoms with van der Waals surface area (Å²) in [5.74, 6) is -1.41. The Morgan fingerprint density at radius 1 is 1.24 bits per heavy atom. The number of para-hydroxylation sites is 1. The van der Waals surface area contributed by atoms with Crippen LogP contribution >= 0.6 is 0 Å². The van der Waals surface area contributed by atoms with Gasteiger partial charge in [-0.05, 0) is 12.5 Å². The molecule has 136 valence electrons. The average Bonchev–Trinajstić information content (AvgIpc) is 3.05. The van der Waals surface area contributed by atoms with Crippen LogP contribution in [-0.4, -0.2) is 49.7 Å². The Hall–Kier alpha value is -2.18. The number of ketones is 1. The van der Waals surface area contributed by atoms with Crippen molar-refractivity contribution in [2.24, 2.45) is 0 Å². The van der Waals surface area contributed by atoms with E-state index in [0.29, 0.717) is 5.56 Å². The molecule has 0 atom stereocenters. The standard InChI is InChI=1S/C15H17NO3.C4H9NO/c1-3-4-9-16-10-12(14(17)15(18)19-2)11-7-5-6-8-13(11)16;1-3-6-4-2-5-1/h5-8,10H,3-4,9H2,1-2H3;5H,1-4H2. The third kappa shape index (κ3) is 5.14. The third-order valence-corrected chi connectivity index (χ3v) is 4.00. The van der Waals surface area contributed by atoms with Crippen molar-refractivity contribution in [3.05, 3.63) is 36.0 Å². The quantitative estimate of drug-likeness (QED) is 0.511. The number of morpholine rings is 1. The number of rotatable bonds is 5. The van der Waals surface area contributed by atoms with Gasteiger partial charge in [0, 0.05) is 36.7 Å². The lowest BCUT2D eigenvalue weighted by Crippen LogP contribution is -2.30. The van der Waals surface area contributed by atoms with Gasteiger partial charge in [0.2, 0.25) is 0 Å². The van der Waals surface area contributed by atoms with Crippen LogP contribution in [0.25, 0.3) is 10.9 Å². The highest BCUT2D eigenvalue weighted by Crippen LogP contribution is 2.22. The van der Waals surface area contributed by atoms with E-state index in [1.165, 1.54) is 7.11 Å². The SMILES string of the molecule is C1COCCN1.CCCCn1cc(C(=O)C(=O)OC)c2ccccc21. The van der Waals surface area contributed by atoms with Crippen LogP contribution in [0, 0.1) is 0 Å². The molecule has 6 nitrogen and oxygen atoms in total. The highest BCUT2D eigenvalue weighted by molar-refractivity contribution is 6.42. The number of benzene rings is 1. The number of nitrogens with one attached hydrogen (secondary N) is 1. The molecule has 0 radical (unpaired) electrons. The van der Waals surface area contributed by atoms with Gasteiger partial charge < -0.3 is 19.4 Å². The summed E-state index contributed by atoms with van der Waals surface area (Å²) in [5, 5.41) is 3.96. The molecule has 3 rings (SSSR count). The number of hydrogen-bond donors (Lipinski definition) is 1. The number of Topliss-reactive ketones (excluding diaryl/α,β-unsaturated/α-hetero) is 1. The van der Waals surface area contributed by atoms with Gasteiger partial charge in [-0.15, -0.1) is 0 Å². The van der Waals surface area contributed by atoms with Crippen molar-refractivity contribution in [3.8, 4) is 0 Å². The number of esters is 1. The zero-order chi connectivity index (χ0) is 18.1. The highest BCUT2D eigenvalue weighted by atomic mass is 16.5. The fourth-order valence-electron chi connectivity index (χ4n) is 2.66. The smallest absolute Gasteiger partial charge is 0.379 e. The second-order valence-corrected chi connectivity index (χ2v) is 5.79. The van der Waals surface area contributed by atoms with E-state index in [2.05, 4.69) is 17.0 Å². The molecule has 0 saturated carbocycles. The molecule has 0 amide bonds. The van der Waals surface area contributed by atoms with Crippen LogP contribution in [0.4, 0.5) is 0 Å². The molecule has 1 saturated heterocycles. The summed E-state index contributed by atoms with van der Waals surface area (Å²) in [6, 6.07) is 7.60. The summed E-state index contributed by atoms with van der Waals surface area (Å²) in [6.45, 7) is 6.79. The largest absolute Gasteiger partial charge is 0.463 e. The number of aromatic nitrogens is 1. The maximum absolute atomic E-state index is 12.0. The van der Waals surface area contributed by atoms with Crippen LogP contribution in [0.3, 0.4) is 0 Å². The van der Waals surface area contributed by atoms with Gasteiger partial charge in [-0.2, -0.15) is 0 Å². The molecule has 2 heterocycles. The lowest BCUT2D eigenvalue weighted by atomic mass is 10.1. The van der Waals surface area contributed by atoms with Gasteiger partial charge in [0.1, 0.15) is 0 Å². The van der Waals surface area contributed by atoms with Crippen LogP contribution < -0.4 is 5.32 Å². The Morgan fingerprint density at radius 2 is 1.96 bits per heavy atom. The number of carbonyl (C=O) groups excluding carboxylic acids is 2. The molecule has 1 N–H and O–H groups in total. The van der Waals surface area contributed by atoms with Gasteiger partial charge in [-0.3, -0.25) is 4.79 Å². The molecule has 25 heavy (non-hydrogen) atoms. The van der Waals surface area contributed by atoms with Crippen molar-refractivity contribution in [2.45, 2.75) is 26.3 Å². The monoisotopic (exact) mass is 346 g/mol. The summed E-state index contributed by atoms with van der Waals surface area (Å²) in [7, 11) is 1.22. The zero-order valence-electron chi connectivity index (χ0n) is 14.9. The van der Waals surface area contributed by atoms with E-state index in [-0.39, 0.29) is 0 Å². The van der Waals surface area contributed by atoms with Crippen LogP contribution in [0.15, 0.2) is 30.5 Å². The second kappa shape index (κ2) is 9.96. The molecule has 0 unspecified atom stereocenters. The normalized spacial score (nSPS) is 13.8. The minimum Gasteiger partial charge on any atom is -0.463 e. The Kier molecular flexibility index (Phi) is 7.63. The first-order valence-corrected chi connectivity index (χ1v) is 8.68. The fourth-order valence-corrected chi connectivity index (χ4v) is 2.66. The molecule has 0 spiro atoms. The first-order valence-electron chi connectivity index (χ1n) is 8.68. The summed E-state index contributed by atoms with van der Waals surface area (Å²) in [5.41, 5.74) is 1.39. The molecule has 0 aliphatic carbocycles. The predicted octanol–water partition coefficient (Wildman–Crippen LogP) is 2.40. The molecular weight excluding hydrogens is 320 g/mol. The van der Waals surface area contributed by atoms with E-state index in [4.69, 9.17) is 4.74 Å². The van der Waals surface area contributed by atoms with Gasteiger partial charge in [0.25, 0.3) is 5.78 Å². The van der Waals surface area contributed by atoms with Crippen molar-refractivity contribution in [3.63, 3.8) is 0 Å². The number of hydrogen-bond acceptors (Lipinski definition) is 5. The van der Waals surface area contributed by atoms with E-state index in [9.17, 15) is 9.59 Å². The number of ether oxygens (including phenoxy) is 2. The van der Waals surface area contributed by atoms with E-state index < -0.39 is 11.8 Å². The van der Waals surface area contributed by atoms with Crippen molar-refractivity contribution in [1.82, 2.24) is 9.88 Å². The molecule has 1 aromatic carbocycles. The van der Waals surface area contributed by atoms with Gasteiger partial charge in [-0.1, -0.05) is 31.5 Å². The first kappa shape index (κ1) is 19.1. The second-order valence-electron chi connectivity index (χ2n) is 5.79. The van der Waals surface area contributed by atoms with Crippen LogP contribution in [-0.2, 0) is 20.8 Å². The van der Waals surface area contributed by atoms with Crippen LogP contribution in [0.2, 0.25) is 0 Å². The number of carbonyl (C=O) groups is 2. The van der Waals surface area contributed by atoms with Gasteiger partial charge >= 0.3 is 5.97 Å². The van der Waals surface area contributed by atoms with Crippen LogP contribution in [0.5, 0.6) is 0 Å². The van der Waals surface area contributed by atoms with E-state index in [1.54, 1.807) is 6.20 Å². The maximum Gasteiger partial charge on any atom is 0.379 e. The maximum atomic E-state index is 12.0. The Labute approximate surface area is 148 Å². The number of nitrogens with zero attached hydrogens (tertiary/aromatic N) is 1. The third-order valence-electron chi connectivity index (χ3n) is 4.00. The molecule has 2 aromatic rings. The lowest BCUT2D eigenvalue weighted by molar-refractivity contribution is -0.135. The molecule has 1 aliphatic rings. The lowest BCUT2D eigenvalue weighted by Gasteiger charge is -2.10. The number of methoxy groups -OCH3 is 1. The zero-order valence-corrected chi connectivity index (χ0v) is 14.9. The minimum absolute atomic E-state index is 0.415. The average molecular weight is 346 g/mol. The number of unbranched alkanes of at least 4 members (excludes halogenated alkanes) is 1.